The number of methoxy groups -OCH3 is 1. The van der Waals surface area contributed by atoms with E-state index < -0.39 is 0 Å². The van der Waals surface area contributed by atoms with Crippen LogP contribution in [0.4, 0.5) is 0 Å². The van der Waals surface area contributed by atoms with Crippen molar-refractivity contribution in [3.63, 3.8) is 0 Å². The van der Waals surface area contributed by atoms with Crippen molar-refractivity contribution in [2.75, 3.05) is 26.8 Å². The number of oxazole rings is 1. The highest BCUT2D eigenvalue weighted by molar-refractivity contribution is 5.73. The molecule has 0 unspecified atom stereocenters. The predicted octanol–water partition coefficient (Wildman–Crippen LogP) is 3.82. The summed E-state index contributed by atoms with van der Waals surface area (Å²) in [5.41, 5.74) is 3.04. The molecule has 6 nitrogen and oxygen atoms in total. The lowest BCUT2D eigenvalue weighted by Crippen LogP contribution is -2.25. The van der Waals surface area contributed by atoms with E-state index in [1.165, 1.54) is 7.11 Å². The number of rotatable bonds is 8. The molecule has 2 atom stereocenters. The molecule has 0 saturated carbocycles. The maximum Gasteiger partial charge on any atom is 0.310 e. The third-order valence-electron chi connectivity index (χ3n) is 5.76. The lowest BCUT2D eigenvalue weighted by molar-refractivity contribution is -0.146. The molecule has 162 valence electrons. The number of carbonyl (C=O) groups is 1. The zero-order valence-electron chi connectivity index (χ0n) is 18.0. The molecular weight excluding hydrogens is 392 g/mol. The molecule has 1 N–H and O–H groups in total. The maximum absolute atomic E-state index is 12.0. The van der Waals surface area contributed by atoms with Crippen LogP contribution >= 0.6 is 0 Å². The van der Waals surface area contributed by atoms with E-state index in [1.54, 1.807) is 0 Å². The second-order valence-corrected chi connectivity index (χ2v) is 7.89. The Hall–Kier alpha value is -3.12. The van der Waals surface area contributed by atoms with Crippen molar-refractivity contribution >= 4 is 5.97 Å². The molecule has 0 radical (unpaired) electrons. The van der Waals surface area contributed by atoms with Crippen molar-refractivity contribution in [3.05, 3.63) is 71.6 Å². The first kappa shape index (κ1) is 21.1. The average Bonchev–Trinajstić information content (AvgIpc) is 3.41. The Bertz CT molecular complexity index is 1020. The van der Waals surface area contributed by atoms with Gasteiger partial charge in [0.15, 0.2) is 0 Å². The van der Waals surface area contributed by atoms with Gasteiger partial charge in [-0.3, -0.25) is 4.79 Å². The Morgan fingerprint density at radius 3 is 2.81 bits per heavy atom. The molecule has 4 rings (SSSR count). The summed E-state index contributed by atoms with van der Waals surface area (Å²) in [6.07, 6.45) is 1.48. The SMILES string of the molecule is COC(=O)[C@H]1CNC[C@H]1Cc1cccc(OCCc2nc(-c3ccccc3)oc2C)c1. The summed E-state index contributed by atoms with van der Waals surface area (Å²) in [4.78, 5) is 16.6. The number of aryl methyl sites for hydroxylation is 1. The number of ether oxygens (including phenoxy) is 2. The molecule has 1 saturated heterocycles. The van der Waals surface area contributed by atoms with E-state index in [2.05, 4.69) is 22.4 Å². The molecule has 2 aromatic carbocycles. The molecule has 31 heavy (non-hydrogen) atoms. The Balaban J connectivity index is 1.34. The summed E-state index contributed by atoms with van der Waals surface area (Å²) in [5.74, 6) is 2.28. The zero-order valence-corrected chi connectivity index (χ0v) is 18.0. The van der Waals surface area contributed by atoms with Crippen LogP contribution in [0.3, 0.4) is 0 Å². The highest BCUT2D eigenvalue weighted by Gasteiger charge is 2.33. The monoisotopic (exact) mass is 420 g/mol. The van der Waals surface area contributed by atoms with Gasteiger partial charge in [-0.15, -0.1) is 0 Å². The van der Waals surface area contributed by atoms with Crippen molar-refractivity contribution in [3.8, 4) is 17.2 Å². The molecule has 0 bridgehead atoms. The third-order valence-corrected chi connectivity index (χ3v) is 5.76. The minimum Gasteiger partial charge on any atom is -0.493 e. The second kappa shape index (κ2) is 9.79. The van der Waals surface area contributed by atoms with Gasteiger partial charge in [0.05, 0.1) is 25.3 Å². The van der Waals surface area contributed by atoms with Gasteiger partial charge in [0, 0.05) is 18.5 Å². The first-order valence-corrected chi connectivity index (χ1v) is 10.7. The first-order chi connectivity index (χ1) is 15.1. The number of nitrogens with zero attached hydrogens (tertiary/aromatic N) is 1. The smallest absolute Gasteiger partial charge is 0.310 e. The topological polar surface area (TPSA) is 73.6 Å². The molecular formula is C25H28N2O4. The molecule has 0 aliphatic carbocycles. The van der Waals surface area contributed by atoms with Crippen LogP contribution in [0.5, 0.6) is 5.75 Å². The van der Waals surface area contributed by atoms with E-state index in [1.807, 2.05) is 49.4 Å². The molecule has 1 aliphatic heterocycles. The van der Waals surface area contributed by atoms with Gasteiger partial charge in [0.25, 0.3) is 0 Å². The fourth-order valence-corrected chi connectivity index (χ4v) is 4.07. The van der Waals surface area contributed by atoms with E-state index in [0.717, 1.165) is 41.3 Å². The Kier molecular flexibility index (Phi) is 6.67. The van der Waals surface area contributed by atoms with Crippen molar-refractivity contribution in [1.82, 2.24) is 10.3 Å². The molecule has 0 spiro atoms. The van der Waals surface area contributed by atoms with E-state index in [0.29, 0.717) is 25.5 Å². The van der Waals surface area contributed by atoms with Crippen LogP contribution in [0.15, 0.2) is 59.0 Å². The summed E-state index contributed by atoms with van der Waals surface area (Å²) in [7, 11) is 1.45. The largest absolute Gasteiger partial charge is 0.493 e. The maximum atomic E-state index is 12.0. The van der Waals surface area contributed by atoms with Gasteiger partial charge >= 0.3 is 5.97 Å². The highest BCUT2D eigenvalue weighted by atomic mass is 16.5. The van der Waals surface area contributed by atoms with E-state index in [4.69, 9.17) is 13.9 Å². The number of nitrogens with one attached hydrogen (secondary N) is 1. The van der Waals surface area contributed by atoms with Crippen molar-refractivity contribution in [1.29, 1.82) is 0 Å². The molecule has 1 fully saturated rings. The minimum atomic E-state index is -0.139. The van der Waals surface area contributed by atoms with Crippen LogP contribution in [0.2, 0.25) is 0 Å². The summed E-state index contributed by atoms with van der Waals surface area (Å²) >= 11 is 0. The summed E-state index contributed by atoms with van der Waals surface area (Å²) in [6.45, 7) is 3.94. The number of benzene rings is 2. The normalized spacial score (nSPS) is 18.1. The summed E-state index contributed by atoms with van der Waals surface area (Å²) in [5, 5.41) is 3.30. The number of hydrogen-bond acceptors (Lipinski definition) is 6. The van der Waals surface area contributed by atoms with Gasteiger partial charge in [-0.05, 0) is 55.6 Å². The number of hydrogen-bond donors (Lipinski definition) is 1. The Labute approximate surface area is 182 Å². The second-order valence-electron chi connectivity index (χ2n) is 7.89. The van der Waals surface area contributed by atoms with Crippen LogP contribution in [0.25, 0.3) is 11.5 Å². The number of aromatic nitrogens is 1. The van der Waals surface area contributed by atoms with E-state index >= 15 is 0 Å². The fourth-order valence-electron chi connectivity index (χ4n) is 4.07. The zero-order chi connectivity index (χ0) is 21.6. The van der Waals surface area contributed by atoms with Crippen molar-refractivity contribution < 1.29 is 18.7 Å². The molecule has 1 aromatic heterocycles. The van der Waals surface area contributed by atoms with Gasteiger partial charge in [-0.25, -0.2) is 4.98 Å². The standard InChI is InChI=1S/C25H28N2O4/c1-17-23(27-24(31-17)19-8-4-3-5-9-19)11-12-30-21-10-6-7-18(14-21)13-20-15-26-16-22(20)25(28)29-2/h3-10,14,20,22,26H,11-13,15-16H2,1-2H3/t20-,22+/m1/s1. The lowest BCUT2D eigenvalue weighted by atomic mass is 9.89. The number of esters is 1. The predicted molar refractivity (Wildman–Crippen MR) is 118 cm³/mol. The Morgan fingerprint density at radius 2 is 2.00 bits per heavy atom. The molecule has 3 aromatic rings. The third kappa shape index (κ3) is 5.14. The van der Waals surface area contributed by atoms with Gasteiger partial charge in [0.2, 0.25) is 5.89 Å². The number of carbonyl (C=O) groups excluding carboxylic acids is 1. The quantitative estimate of drug-likeness (QED) is 0.559. The molecule has 1 aliphatic rings. The Morgan fingerprint density at radius 1 is 1.16 bits per heavy atom. The van der Waals surface area contributed by atoms with Crippen molar-refractivity contribution in [2.24, 2.45) is 11.8 Å². The fraction of sp³-hybridized carbons (Fsp3) is 0.360. The molecule has 6 heteroatoms. The summed E-state index contributed by atoms with van der Waals surface area (Å²) < 4.78 is 16.8. The van der Waals surface area contributed by atoms with Crippen molar-refractivity contribution in [2.45, 2.75) is 19.8 Å². The van der Waals surface area contributed by atoms with Crippen LogP contribution in [-0.2, 0) is 22.4 Å². The minimum absolute atomic E-state index is 0.0940. The van der Waals surface area contributed by atoms with Crippen LogP contribution in [0, 0.1) is 18.8 Å². The first-order valence-electron chi connectivity index (χ1n) is 10.7. The highest BCUT2D eigenvalue weighted by Crippen LogP contribution is 2.25. The van der Waals surface area contributed by atoms with Crippen LogP contribution in [-0.4, -0.2) is 37.8 Å². The lowest BCUT2D eigenvalue weighted by Gasteiger charge is -2.16. The van der Waals surface area contributed by atoms with Crippen LogP contribution < -0.4 is 10.1 Å². The van der Waals surface area contributed by atoms with Gasteiger partial charge in [-0.2, -0.15) is 0 Å². The van der Waals surface area contributed by atoms with E-state index in [9.17, 15) is 4.79 Å². The average molecular weight is 421 g/mol. The van der Waals surface area contributed by atoms with Gasteiger partial charge < -0.3 is 19.2 Å². The van der Waals surface area contributed by atoms with Gasteiger partial charge in [0.1, 0.15) is 11.5 Å². The molecule has 2 heterocycles. The van der Waals surface area contributed by atoms with Gasteiger partial charge in [-0.1, -0.05) is 30.3 Å². The molecule has 0 amide bonds. The van der Waals surface area contributed by atoms with E-state index in [-0.39, 0.29) is 17.8 Å². The van der Waals surface area contributed by atoms with Crippen LogP contribution in [0.1, 0.15) is 17.0 Å². The summed E-state index contributed by atoms with van der Waals surface area (Å²) in [6, 6.07) is 18.0.